The number of hydrogen-bond acceptors (Lipinski definition) is 4. The van der Waals surface area contributed by atoms with E-state index in [0.717, 1.165) is 42.5 Å². The van der Waals surface area contributed by atoms with Gasteiger partial charge < -0.3 is 0 Å². The zero-order valence-electron chi connectivity index (χ0n) is 13.8. The molecule has 0 fully saturated rings. The first-order chi connectivity index (χ1) is 11.8. The first-order valence-electron chi connectivity index (χ1n) is 8.70. The summed E-state index contributed by atoms with van der Waals surface area (Å²) in [4.78, 5) is 9.14. The van der Waals surface area contributed by atoms with Crippen molar-refractivity contribution in [1.29, 1.82) is 0 Å². The summed E-state index contributed by atoms with van der Waals surface area (Å²) >= 11 is 0. The third-order valence-corrected chi connectivity index (χ3v) is 5.24. The average molecular weight is 320 g/mol. The molecule has 0 spiro atoms. The Morgan fingerprint density at radius 2 is 2.08 bits per heavy atom. The van der Waals surface area contributed by atoms with Crippen molar-refractivity contribution in [3.05, 3.63) is 53.1 Å². The zero-order chi connectivity index (χ0) is 16.1. The Kier molecular flexibility index (Phi) is 3.04. The lowest BCUT2D eigenvalue weighted by molar-refractivity contribution is 0.417. The monoisotopic (exact) mass is 320 g/mol. The lowest BCUT2D eigenvalue weighted by atomic mass is 9.97. The van der Waals surface area contributed by atoms with Gasteiger partial charge in [-0.1, -0.05) is 6.07 Å². The minimum Gasteiger partial charge on any atom is -0.250 e. The molecule has 0 bridgehead atoms. The summed E-state index contributed by atoms with van der Waals surface area (Å²) in [5, 5.41) is 8.96. The van der Waals surface area contributed by atoms with Crippen molar-refractivity contribution in [1.82, 2.24) is 29.5 Å². The normalized spacial score (nSPS) is 19.3. The van der Waals surface area contributed by atoms with E-state index in [2.05, 4.69) is 33.4 Å². The van der Waals surface area contributed by atoms with E-state index >= 15 is 0 Å². The molecule has 1 aliphatic heterocycles. The number of rotatable bonds is 2. The Morgan fingerprint density at radius 3 is 3.04 bits per heavy atom. The van der Waals surface area contributed by atoms with Crippen molar-refractivity contribution < 1.29 is 0 Å². The van der Waals surface area contributed by atoms with Gasteiger partial charge in [-0.05, 0) is 55.9 Å². The Morgan fingerprint density at radius 1 is 1.17 bits per heavy atom. The van der Waals surface area contributed by atoms with Crippen molar-refractivity contribution in [3.63, 3.8) is 0 Å². The summed E-state index contributed by atoms with van der Waals surface area (Å²) in [6.07, 6.45) is 7.20. The number of aromatic nitrogens is 6. The van der Waals surface area contributed by atoms with Gasteiger partial charge in [-0.15, -0.1) is 0 Å². The Hall–Kier alpha value is -2.50. The second kappa shape index (κ2) is 5.26. The van der Waals surface area contributed by atoms with Gasteiger partial charge in [-0.3, -0.25) is 4.68 Å². The molecular formula is C18H20N6. The minimum absolute atomic E-state index is 0.344. The van der Waals surface area contributed by atoms with Crippen LogP contribution in [0.2, 0.25) is 0 Å². The summed E-state index contributed by atoms with van der Waals surface area (Å²) in [5.41, 5.74) is 4.09. The molecule has 1 aliphatic carbocycles. The highest BCUT2D eigenvalue weighted by Crippen LogP contribution is 2.30. The van der Waals surface area contributed by atoms with E-state index in [1.165, 1.54) is 30.4 Å². The molecule has 3 heterocycles. The first-order valence-corrected chi connectivity index (χ1v) is 8.70. The lowest BCUT2D eigenvalue weighted by Crippen LogP contribution is -2.22. The first kappa shape index (κ1) is 13.9. The second-order valence-corrected chi connectivity index (χ2v) is 6.82. The second-order valence-electron chi connectivity index (χ2n) is 6.82. The van der Waals surface area contributed by atoms with Crippen LogP contribution in [-0.2, 0) is 25.8 Å². The summed E-state index contributed by atoms with van der Waals surface area (Å²) < 4.78 is 4.05. The molecule has 3 aromatic rings. The number of fused-ring (bicyclic) bond motifs is 2. The summed E-state index contributed by atoms with van der Waals surface area (Å²) in [5.74, 6) is 3.28. The number of nitrogens with zero attached hydrogens (tertiary/aromatic N) is 6. The molecule has 1 atom stereocenters. The SMILES string of the molecule is Cc1nc(C2CCn3ncnc3C2)n(-c2ccc3c(c2)CCC3)n1. The molecule has 24 heavy (non-hydrogen) atoms. The van der Waals surface area contributed by atoms with Gasteiger partial charge in [-0.2, -0.15) is 10.2 Å². The van der Waals surface area contributed by atoms with Crippen LogP contribution in [0.1, 0.15) is 47.4 Å². The highest BCUT2D eigenvalue weighted by atomic mass is 15.4. The van der Waals surface area contributed by atoms with Gasteiger partial charge in [0.1, 0.15) is 23.8 Å². The molecule has 2 aromatic heterocycles. The van der Waals surface area contributed by atoms with Gasteiger partial charge in [0.15, 0.2) is 0 Å². The van der Waals surface area contributed by atoms with E-state index in [9.17, 15) is 0 Å². The van der Waals surface area contributed by atoms with Gasteiger partial charge in [0.25, 0.3) is 0 Å². The van der Waals surface area contributed by atoms with Crippen molar-refractivity contribution in [3.8, 4) is 5.69 Å². The minimum atomic E-state index is 0.344. The topological polar surface area (TPSA) is 61.4 Å². The molecule has 0 N–H and O–H groups in total. The molecule has 2 aliphatic rings. The number of benzene rings is 1. The molecule has 5 rings (SSSR count). The average Bonchev–Trinajstić information content (AvgIpc) is 3.32. The fourth-order valence-corrected chi connectivity index (χ4v) is 4.03. The highest BCUT2D eigenvalue weighted by Gasteiger charge is 2.27. The van der Waals surface area contributed by atoms with E-state index in [0.29, 0.717) is 5.92 Å². The Bertz CT molecular complexity index is 906. The van der Waals surface area contributed by atoms with E-state index in [4.69, 9.17) is 4.98 Å². The van der Waals surface area contributed by atoms with Crippen LogP contribution in [0.3, 0.4) is 0 Å². The van der Waals surface area contributed by atoms with Gasteiger partial charge >= 0.3 is 0 Å². The van der Waals surface area contributed by atoms with Crippen LogP contribution in [0.15, 0.2) is 24.5 Å². The fourth-order valence-electron chi connectivity index (χ4n) is 4.03. The quantitative estimate of drug-likeness (QED) is 0.727. The van der Waals surface area contributed by atoms with Crippen molar-refractivity contribution >= 4 is 0 Å². The molecule has 6 heteroatoms. The van der Waals surface area contributed by atoms with E-state index in [-0.39, 0.29) is 0 Å². The zero-order valence-corrected chi connectivity index (χ0v) is 13.8. The maximum Gasteiger partial charge on any atom is 0.148 e. The van der Waals surface area contributed by atoms with Crippen LogP contribution in [-0.4, -0.2) is 29.5 Å². The summed E-state index contributed by atoms with van der Waals surface area (Å²) in [6.45, 7) is 2.87. The van der Waals surface area contributed by atoms with Crippen molar-refractivity contribution in [2.75, 3.05) is 0 Å². The van der Waals surface area contributed by atoms with Crippen LogP contribution in [0.25, 0.3) is 5.69 Å². The smallest absolute Gasteiger partial charge is 0.148 e. The molecule has 0 radical (unpaired) electrons. The highest BCUT2D eigenvalue weighted by molar-refractivity contribution is 5.43. The molecule has 6 nitrogen and oxygen atoms in total. The maximum absolute atomic E-state index is 4.76. The van der Waals surface area contributed by atoms with Gasteiger partial charge in [-0.25, -0.2) is 14.6 Å². The standard InChI is InChI=1S/C18H20N6/c1-12-21-18(15-7-8-23-17(10-15)19-11-20-23)24(22-12)16-6-5-13-3-2-4-14(13)9-16/h5-6,9,11,15H,2-4,7-8,10H2,1H3. The summed E-state index contributed by atoms with van der Waals surface area (Å²) in [6, 6.07) is 6.74. The van der Waals surface area contributed by atoms with Crippen LogP contribution < -0.4 is 0 Å². The predicted octanol–water partition coefficient (Wildman–Crippen LogP) is 2.39. The van der Waals surface area contributed by atoms with Gasteiger partial charge in [0.05, 0.1) is 5.69 Å². The lowest BCUT2D eigenvalue weighted by Gasteiger charge is -2.22. The van der Waals surface area contributed by atoms with Crippen molar-refractivity contribution in [2.45, 2.75) is 51.5 Å². The van der Waals surface area contributed by atoms with E-state index in [1.807, 2.05) is 16.3 Å². The molecule has 0 saturated carbocycles. The fraction of sp³-hybridized carbons (Fsp3) is 0.444. The number of aryl methyl sites for hydroxylation is 4. The molecule has 0 amide bonds. The molecule has 1 unspecified atom stereocenters. The third-order valence-electron chi connectivity index (χ3n) is 5.24. The van der Waals surface area contributed by atoms with Crippen LogP contribution in [0.5, 0.6) is 0 Å². The van der Waals surface area contributed by atoms with E-state index in [1.54, 1.807) is 6.33 Å². The van der Waals surface area contributed by atoms with E-state index < -0.39 is 0 Å². The molecule has 0 saturated heterocycles. The largest absolute Gasteiger partial charge is 0.250 e. The molecule has 122 valence electrons. The third kappa shape index (κ3) is 2.17. The number of hydrogen-bond donors (Lipinski definition) is 0. The van der Waals surface area contributed by atoms with Crippen LogP contribution in [0.4, 0.5) is 0 Å². The van der Waals surface area contributed by atoms with Gasteiger partial charge in [0.2, 0.25) is 0 Å². The van der Waals surface area contributed by atoms with Crippen LogP contribution in [0, 0.1) is 6.92 Å². The Balaban J connectivity index is 1.54. The van der Waals surface area contributed by atoms with Gasteiger partial charge in [0, 0.05) is 18.9 Å². The Labute approximate surface area is 140 Å². The maximum atomic E-state index is 4.76. The summed E-state index contributed by atoms with van der Waals surface area (Å²) in [7, 11) is 0. The predicted molar refractivity (Wildman–Crippen MR) is 89.2 cm³/mol. The molecular weight excluding hydrogens is 300 g/mol. The van der Waals surface area contributed by atoms with Crippen LogP contribution >= 0.6 is 0 Å². The molecule has 1 aromatic carbocycles. The van der Waals surface area contributed by atoms with Crippen molar-refractivity contribution in [2.24, 2.45) is 0 Å².